The number of hydrogen-bond acceptors (Lipinski definition) is 2. The van der Waals surface area contributed by atoms with Crippen molar-refractivity contribution in [1.82, 2.24) is 4.57 Å². The molecule has 0 radical (unpaired) electrons. The third kappa shape index (κ3) is 4.83. The quantitative estimate of drug-likeness (QED) is 0.196. The minimum Gasteiger partial charge on any atom is -0.452 e. The van der Waals surface area contributed by atoms with Gasteiger partial charge in [0.1, 0.15) is 11.5 Å². The van der Waals surface area contributed by atoms with Gasteiger partial charge in [-0.2, -0.15) is 0 Å². The molecule has 0 saturated heterocycles. The first-order chi connectivity index (χ1) is 23.5. The minimum absolute atomic E-state index is 0.790. The topological polar surface area (TPSA) is 23.4 Å². The minimum atomic E-state index is -0.866. The molecule has 48 heavy (non-hydrogen) atoms. The molecule has 8 aromatic rings. The second-order valence-corrected chi connectivity index (χ2v) is 12.9. The van der Waals surface area contributed by atoms with Gasteiger partial charge in [0.2, 0.25) is 5.79 Å². The van der Waals surface area contributed by atoms with Crippen molar-refractivity contribution in [2.75, 3.05) is 0 Å². The summed E-state index contributed by atoms with van der Waals surface area (Å²) >= 11 is 0. The zero-order valence-electron chi connectivity index (χ0n) is 26.9. The molecule has 7 aromatic carbocycles. The first-order valence-electron chi connectivity index (χ1n) is 16.4. The molecule has 0 amide bonds. The standard InChI is InChI=1S/C45H33NO2/c1-45(2)47-43-24-21-32(35-26-33(30-13-5-3-6-14-30)25-34(27-35)31-15-7-4-8-16-31)28-40(43)39-23-22-36(29-44(39)48-45)46-41-19-11-9-17-37(41)38-18-10-12-20-42(38)46/h3-29H,1-2H3. The molecule has 1 aliphatic rings. The lowest BCUT2D eigenvalue weighted by Crippen LogP contribution is -2.34. The van der Waals surface area contributed by atoms with E-state index in [4.69, 9.17) is 9.47 Å². The number of rotatable bonds is 4. The van der Waals surface area contributed by atoms with Crippen molar-refractivity contribution in [2.45, 2.75) is 19.6 Å². The van der Waals surface area contributed by atoms with Crippen molar-refractivity contribution in [3.63, 3.8) is 0 Å². The zero-order valence-corrected chi connectivity index (χ0v) is 26.9. The fraction of sp³-hybridized carbons (Fsp3) is 0.0667. The Balaban J connectivity index is 1.22. The molecule has 3 heteroatoms. The van der Waals surface area contributed by atoms with E-state index in [1.54, 1.807) is 0 Å². The first kappa shape index (κ1) is 28.2. The van der Waals surface area contributed by atoms with Gasteiger partial charge in [-0.1, -0.05) is 103 Å². The summed E-state index contributed by atoms with van der Waals surface area (Å²) in [6.07, 6.45) is 0. The van der Waals surface area contributed by atoms with E-state index in [-0.39, 0.29) is 0 Å². The van der Waals surface area contributed by atoms with E-state index in [9.17, 15) is 0 Å². The molecule has 3 nitrogen and oxygen atoms in total. The molecule has 2 heterocycles. The molecule has 0 fully saturated rings. The van der Waals surface area contributed by atoms with Crippen LogP contribution in [0.5, 0.6) is 11.5 Å². The summed E-state index contributed by atoms with van der Waals surface area (Å²) < 4.78 is 15.5. The summed E-state index contributed by atoms with van der Waals surface area (Å²) in [5.74, 6) is 0.724. The summed E-state index contributed by atoms with van der Waals surface area (Å²) in [6, 6.07) is 58.2. The Morgan fingerprint density at radius 1 is 0.396 bits per heavy atom. The molecular formula is C45H33NO2. The largest absolute Gasteiger partial charge is 0.452 e. The van der Waals surface area contributed by atoms with Crippen LogP contribution < -0.4 is 9.47 Å². The highest BCUT2D eigenvalue weighted by Crippen LogP contribution is 2.46. The van der Waals surface area contributed by atoms with Crippen LogP contribution in [0.2, 0.25) is 0 Å². The maximum absolute atomic E-state index is 6.65. The van der Waals surface area contributed by atoms with Gasteiger partial charge in [-0.3, -0.25) is 0 Å². The number of ether oxygens (including phenoxy) is 2. The van der Waals surface area contributed by atoms with Crippen molar-refractivity contribution in [3.05, 3.63) is 164 Å². The molecule has 1 aromatic heterocycles. The predicted molar refractivity (Wildman–Crippen MR) is 198 cm³/mol. The lowest BCUT2D eigenvalue weighted by molar-refractivity contribution is -0.0778. The van der Waals surface area contributed by atoms with Crippen LogP contribution in [0.15, 0.2) is 164 Å². The number of nitrogens with zero attached hydrogens (tertiary/aromatic N) is 1. The summed E-state index contributed by atoms with van der Waals surface area (Å²) in [7, 11) is 0. The molecule has 1 aliphatic heterocycles. The third-order valence-corrected chi connectivity index (χ3v) is 9.27. The van der Waals surface area contributed by atoms with Crippen LogP contribution in [-0.4, -0.2) is 10.4 Å². The van der Waals surface area contributed by atoms with Crippen LogP contribution in [-0.2, 0) is 0 Å². The van der Waals surface area contributed by atoms with E-state index < -0.39 is 5.79 Å². The molecule has 9 rings (SSSR count). The van der Waals surface area contributed by atoms with Gasteiger partial charge in [-0.25, -0.2) is 0 Å². The van der Waals surface area contributed by atoms with E-state index in [2.05, 4.69) is 168 Å². The Labute approximate surface area is 280 Å². The predicted octanol–water partition coefficient (Wildman–Crippen LogP) is 12.0. The smallest absolute Gasteiger partial charge is 0.245 e. The molecule has 0 saturated carbocycles. The Morgan fingerprint density at radius 2 is 0.917 bits per heavy atom. The van der Waals surface area contributed by atoms with Crippen LogP contribution in [0.3, 0.4) is 0 Å². The van der Waals surface area contributed by atoms with Gasteiger partial charge in [-0.05, 0) is 88.0 Å². The van der Waals surface area contributed by atoms with E-state index in [0.29, 0.717) is 0 Å². The van der Waals surface area contributed by atoms with Gasteiger partial charge in [0.05, 0.1) is 11.0 Å². The summed E-state index contributed by atoms with van der Waals surface area (Å²) in [5, 5.41) is 2.46. The van der Waals surface area contributed by atoms with Crippen LogP contribution in [0.25, 0.3) is 72.0 Å². The van der Waals surface area contributed by atoms with Crippen LogP contribution in [0.4, 0.5) is 0 Å². The highest BCUT2D eigenvalue weighted by atomic mass is 16.7. The first-order valence-corrected chi connectivity index (χ1v) is 16.4. The highest BCUT2D eigenvalue weighted by Gasteiger charge is 2.30. The lowest BCUT2D eigenvalue weighted by Gasteiger charge is -2.26. The Bertz CT molecular complexity index is 2360. The molecule has 0 aliphatic carbocycles. The average Bonchev–Trinajstić information content (AvgIpc) is 3.40. The monoisotopic (exact) mass is 619 g/mol. The van der Waals surface area contributed by atoms with Crippen LogP contribution in [0, 0.1) is 0 Å². The van der Waals surface area contributed by atoms with Gasteiger partial charge >= 0.3 is 0 Å². The number of fused-ring (bicyclic) bond motifs is 6. The van der Waals surface area contributed by atoms with E-state index in [0.717, 1.165) is 50.5 Å². The second kappa shape index (κ2) is 11.0. The second-order valence-electron chi connectivity index (χ2n) is 12.9. The van der Waals surface area contributed by atoms with Crippen LogP contribution in [0.1, 0.15) is 13.8 Å². The van der Waals surface area contributed by atoms with E-state index in [1.807, 2.05) is 13.8 Å². The van der Waals surface area contributed by atoms with Crippen molar-refractivity contribution >= 4 is 21.8 Å². The van der Waals surface area contributed by atoms with Gasteiger partial charge in [-0.15, -0.1) is 0 Å². The van der Waals surface area contributed by atoms with E-state index >= 15 is 0 Å². The van der Waals surface area contributed by atoms with Crippen LogP contribution >= 0.6 is 0 Å². The zero-order chi connectivity index (χ0) is 32.2. The normalized spacial score (nSPS) is 13.3. The Hall–Kier alpha value is -6.06. The van der Waals surface area contributed by atoms with Crippen molar-refractivity contribution < 1.29 is 9.47 Å². The Morgan fingerprint density at radius 3 is 1.52 bits per heavy atom. The summed E-state index contributed by atoms with van der Waals surface area (Å²) in [6.45, 7) is 3.95. The lowest BCUT2D eigenvalue weighted by atomic mass is 9.91. The Kier molecular flexibility index (Phi) is 6.48. The third-order valence-electron chi connectivity index (χ3n) is 9.27. The molecule has 230 valence electrons. The maximum atomic E-state index is 6.65. The molecule has 0 spiro atoms. The molecule has 0 atom stereocenters. The number of aromatic nitrogens is 1. The SMILES string of the molecule is CC1(C)Oc2cc(-n3c4ccccc4c4ccccc43)ccc2-c2cc(-c3cc(-c4ccccc4)cc(-c4ccccc4)c3)ccc2O1. The van der Waals surface area contributed by atoms with Gasteiger partial charge in [0, 0.05) is 47.5 Å². The fourth-order valence-electron chi connectivity index (χ4n) is 7.11. The molecule has 0 bridgehead atoms. The van der Waals surface area contributed by atoms with Gasteiger partial charge in [0.15, 0.2) is 0 Å². The molecular weight excluding hydrogens is 587 g/mol. The average molecular weight is 620 g/mol. The van der Waals surface area contributed by atoms with Crippen molar-refractivity contribution in [2.24, 2.45) is 0 Å². The van der Waals surface area contributed by atoms with E-state index in [1.165, 1.54) is 33.0 Å². The number of hydrogen-bond donors (Lipinski definition) is 0. The maximum Gasteiger partial charge on any atom is 0.245 e. The highest BCUT2D eigenvalue weighted by molar-refractivity contribution is 6.09. The number of para-hydroxylation sites is 2. The fourth-order valence-corrected chi connectivity index (χ4v) is 7.11. The molecule has 0 N–H and O–H groups in total. The summed E-state index contributed by atoms with van der Waals surface area (Å²) in [5.41, 5.74) is 12.4. The van der Waals surface area contributed by atoms with Gasteiger partial charge in [0.25, 0.3) is 0 Å². The van der Waals surface area contributed by atoms with Crippen molar-refractivity contribution in [1.29, 1.82) is 0 Å². The van der Waals surface area contributed by atoms with Crippen molar-refractivity contribution in [3.8, 4) is 61.7 Å². The number of benzene rings is 7. The summed E-state index contributed by atoms with van der Waals surface area (Å²) in [4.78, 5) is 0. The van der Waals surface area contributed by atoms with Gasteiger partial charge < -0.3 is 14.0 Å². The molecule has 0 unspecified atom stereocenters.